The van der Waals surface area contributed by atoms with Crippen LogP contribution in [-0.2, 0) is 0 Å². The van der Waals surface area contributed by atoms with Crippen molar-refractivity contribution in [3.63, 3.8) is 0 Å². The largest absolute Gasteiger partial charge is 0.389 e. The fourth-order valence-electron chi connectivity index (χ4n) is 1.37. The van der Waals surface area contributed by atoms with Gasteiger partial charge in [0.05, 0.1) is 22.5 Å². The molecule has 0 radical (unpaired) electrons. The molecule has 0 amide bonds. The molecule has 2 unspecified atom stereocenters. The number of hydrogen-bond acceptors (Lipinski definition) is 4. The van der Waals surface area contributed by atoms with Crippen LogP contribution < -0.4 is 0 Å². The van der Waals surface area contributed by atoms with Gasteiger partial charge in [0.2, 0.25) is 0 Å². The predicted octanol–water partition coefficient (Wildman–Crippen LogP) is 1.54. The molecular weight excluding hydrogens is 234 g/mol. The molecule has 2 atom stereocenters. The fourth-order valence-corrected chi connectivity index (χ4v) is 1.54. The molecule has 16 heavy (non-hydrogen) atoms. The molecule has 0 saturated carbocycles. The minimum atomic E-state index is -1.35. The van der Waals surface area contributed by atoms with Crippen molar-refractivity contribution < 1.29 is 15.1 Å². The van der Waals surface area contributed by atoms with Crippen molar-refractivity contribution in [1.29, 1.82) is 0 Å². The summed E-state index contributed by atoms with van der Waals surface area (Å²) in [6.07, 6.45) is -2.57. The van der Waals surface area contributed by atoms with Crippen LogP contribution in [0.5, 0.6) is 0 Å². The molecule has 0 saturated heterocycles. The Hall–Kier alpha value is -1.17. The highest BCUT2D eigenvalue weighted by molar-refractivity contribution is 6.18. The first-order valence-electron chi connectivity index (χ1n) is 4.64. The van der Waals surface area contributed by atoms with Gasteiger partial charge in [0.25, 0.3) is 5.69 Å². The second-order valence-corrected chi connectivity index (χ2v) is 3.79. The van der Waals surface area contributed by atoms with E-state index in [2.05, 4.69) is 0 Å². The summed E-state index contributed by atoms with van der Waals surface area (Å²) in [5, 5.41) is 29.8. The van der Waals surface area contributed by atoms with E-state index < -0.39 is 17.1 Å². The molecule has 88 valence electrons. The molecule has 0 spiro atoms. The zero-order valence-electron chi connectivity index (χ0n) is 8.63. The third-order valence-electron chi connectivity index (χ3n) is 2.22. The molecule has 0 aliphatic heterocycles. The second-order valence-electron chi connectivity index (χ2n) is 3.49. The first kappa shape index (κ1) is 12.9. The van der Waals surface area contributed by atoms with E-state index in [0.717, 1.165) is 5.56 Å². The van der Waals surface area contributed by atoms with Crippen LogP contribution in [0.3, 0.4) is 0 Å². The van der Waals surface area contributed by atoms with E-state index in [1.54, 1.807) is 13.0 Å². The van der Waals surface area contributed by atoms with Crippen molar-refractivity contribution in [2.24, 2.45) is 0 Å². The number of aryl methyl sites for hydroxylation is 1. The fraction of sp³-hybridized carbons (Fsp3) is 0.400. The van der Waals surface area contributed by atoms with E-state index in [4.69, 9.17) is 11.6 Å². The molecule has 0 fully saturated rings. The molecule has 5 nitrogen and oxygen atoms in total. The van der Waals surface area contributed by atoms with Crippen LogP contribution in [0.15, 0.2) is 18.2 Å². The SMILES string of the molecule is Cc1ccc([N+](=O)[O-])c(C(O)C(O)CCl)c1. The number of hydrogen-bond donors (Lipinski definition) is 2. The smallest absolute Gasteiger partial charge is 0.275 e. The number of rotatable bonds is 4. The minimum Gasteiger partial charge on any atom is -0.389 e. The van der Waals surface area contributed by atoms with Crippen molar-refractivity contribution in [2.75, 3.05) is 5.88 Å². The van der Waals surface area contributed by atoms with Gasteiger partial charge in [-0.1, -0.05) is 11.6 Å². The highest BCUT2D eigenvalue weighted by Crippen LogP contribution is 2.28. The number of alkyl halides is 1. The van der Waals surface area contributed by atoms with Crippen LogP contribution in [0.1, 0.15) is 17.2 Å². The van der Waals surface area contributed by atoms with Crippen LogP contribution in [0.2, 0.25) is 0 Å². The normalized spacial score (nSPS) is 14.5. The van der Waals surface area contributed by atoms with Gasteiger partial charge in [0.1, 0.15) is 6.10 Å². The maximum absolute atomic E-state index is 10.7. The number of nitro benzene ring substituents is 1. The van der Waals surface area contributed by atoms with E-state index in [1.165, 1.54) is 12.1 Å². The Morgan fingerprint density at radius 1 is 1.50 bits per heavy atom. The molecule has 2 N–H and O–H groups in total. The summed E-state index contributed by atoms with van der Waals surface area (Å²) < 4.78 is 0. The lowest BCUT2D eigenvalue weighted by Crippen LogP contribution is -2.20. The molecule has 6 heteroatoms. The average Bonchev–Trinajstić information content (AvgIpc) is 2.26. The van der Waals surface area contributed by atoms with Crippen molar-refractivity contribution >= 4 is 17.3 Å². The standard InChI is InChI=1S/C10H12ClNO4/c1-6-2-3-8(12(15)16)7(4-6)10(14)9(13)5-11/h2-4,9-10,13-14H,5H2,1H3. The molecule has 0 bridgehead atoms. The highest BCUT2D eigenvalue weighted by atomic mass is 35.5. The van der Waals surface area contributed by atoms with Crippen molar-refractivity contribution in [3.8, 4) is 0 Å². The van der Waals surface area contributed by atoms with Gasteiger partial charge in [-0.3, -0.25) is 10.1 Å². The third-order valence-corrected chi connectivity index (χ3v) is 2.54. The number of aliphatic hydroxyl groups is 2. The number of benzene rings is 1. The summed E-state index contributed by atoms with van der Waals surface area (Å²) in [5.74, 6) is -0.188. The van der Waals surface area contributed by atoms with E-state index in [1.807, 2.05) is 0 Å². The van der Waals surface area contributed by atoms with E-state index in [0.29, 0.717) is 0 Å². The van der Waals surface area contributed by atoms with Gasteiger partial charge >= 0.3 is 0 Å². The monoisotopic (exact) mass is 245 g/mol. The summed E-state index contributed by atoms with van der Waals surface area (Å²) >= 11 is 5.39. The lowest BCUT2D eigenvalue weighted by molar-refractivity contribution is -0.386. The van der Waals surface area contributed by atoms with Gasteiger partial charge in [0.15, 0.2) is 0 Å². The van der Waals surface area contributed by atoms with Crippen LogP contribution in [-0.4, -0.2) is 27.1 Å². The molecule has 0 aliphatic carbocycles. The van der Waals surface area contributed by atoms with Crippen LogP contribution in [0.4, 0.5) is 5.69 Å². The molecule has 0 aliphatic rings. The van der Waals surface area contributed by atoms with Crippen LogP contribution in [0, 0.1) is 17.0 Å². The van der Waals surface area contributed by atoms with Crippen LogP contribution >= 0.6 is 11.6 Å². The maximum atomic E-state index is 10.7. The van der Waals surface area contributed by atoms with Crippen LogP contribution in [0.25, 0.3) is 0 Å². The Kier molecular flexibility index (Phi) is 4.23. The number of halogens is 1. The number of aliphatic hydroxyl groups excluding tert-OH is 2. The summed E-state index contributed by atoms with van der Waals surface area (Å²) in [4.78, 5) is 10.1. The maximum Gasteiger partial charge on any atom is 0.275 e. The second kappa shape index (κ2) is 5.25. The first-order chi connectivity index (χ1) is 7.47. The average molecular weight is 246 g/mol. The lowest BCUT2D eigenvalue weighted by Gasteiger charge is -2.16. The number of nitrogens with zero attached hydrogens (tertiary/aromatic N) is 1. The number of nitro groups is 1. The zero-order valence-corrected chi connectivity index (χ0v) is 9.39. The van der Waals surface area contributed by atoms with Crippen molar-refractivity contribution in [3.05, 3.63) is 39.4 Å². The van der Waals surface area contributed by atoms with Crippen molar-refractivity contribution in [2.45, 2.75) is 19.1 Å². The van der Waals surface area contributed by atoms with Gasteiger partial charge in [-0.2, -0.15) is 0 Å². The van der Waals surface area contributed by atoms with Gasteiger partial charge in [-0.15, -0.1) is 11.6 Å². The molecule has 1 rings (SSSR count). The predicted molar refractivity (Wildman–Crippen MR) is 59.5 cm³/mol. The zero-order chi connectivity index (χ0) is 12.3. The van der Waals surface area contributed by atoms with Gasteiger partial charge in [-0.25, -0.2) is 0 Å². The Bertz CT molecular complexity index is 396. The van der Waals surface area contributed by atoms with Gasteiger partial charge in [0, 0.05) is 6.07 Å². The van der Waals surface area contributed by atoms with Crippen molar-refractivity contribution in [1.82, 2.24) is 0 Å². The van der Waals surface area contributed by atoms with E-state index >= 15 is 0 Å². The summed E-state index contributed by atoms with van der Waals surface area (Å²) in [6, 6.07) is 4.34. The minimum absolute atomic E-state index is 0.0816. The topological polar surface area (TPSA) is 83.6 Å². The molecular formula is C10H12ClNO4. The first-order valence-corrected chi connectivity index (χ1v) is 5.18. The summed E-state index contributed by atoms with van der Waals surface area (Å²) in [7, 11) is 0. The third kappa shape index (κ3) is 2.69. The Balaban J connectivity index is 3.19. The summed E-state index contributed by atoms with van der Waals surface area (Å²) in [5.41, 5.74) is 0.627. The molecule has 1 aromatic rings. The van der Waals surface area contributed by atoms with E-state index in [-0.39, 0.29) is 17.1 Å². The quantitative estimate of drug-likeness (QED) is 0.479. The highest BCUT2D eigenvalue weighted by Gasteiger charge is 2.25. The molecule has 1 aromatic carbocycles. The van der Waals surface area contributed by atoms with Gasteiger partial charge < -0.3 is 10.2 Å². The Morgan fingerprint density at radius 3 is 2.62 bits per heavy atom. The lowest BCUT2D eigenvalue weighted by atomic mass is 10.0. The Morgan fingerprint density at radius 2 is 2.12 bits per heavy atom. The summed E-state index contributed by atoms with van der Waals surface area (Å²) in [6.45, 7) is 1.74. The molecule has 0 heterocycles. The molecule has 0 aromatic heterocycles. The Labute approximate surface area is 97.4 Å². The van der Waals surface area contributed by atoms with E-state index in [9.17, 15) is 20.3 Å². The van der Waals surface area contributed by atoms with Gasteiger partial charge in [-0.05, 0) is 13.0 Å².